The first-order valence-corrected chi connectivity index (χ1v) is 13.0. The second kappa shape index (κ2) is 11.4. The molecule has 0 saturated carbocycles. The van der Waals surface area contributed by atoms with Crippen molar-refractivity contribution in [3.8, 4) is 17.6 Å². The van der Waals surface area contributed by atoms with Gasteiger partial charge in [0.15, 0.2) is 17.4 Å². The van der Waals surface area contributed by atoms with Crippen LogP contribution < -0.4 is 4.74 Å². The number of halogens is 3. The van der Waals surface area contributed by atoms with Crippen molar-refractivity contribution in [1.82, 2.24) is 9.80 Å². The van der Waals surface area contributed by atoms with Gasteiger partial charge in [-0.2, -0.15) is 4.39 Å². The van der Waals surface area contributed by atoms with Crippen molar-refractivity contribution in [2.24, 2.45) is 0 Å². The minimum atomic E-state index is -1.48. The predicted molar refractivity (Wildman–Crippen MR) is 141 cm³/mol. The number of amides is 2. The topological polar surface area (TPSA) is 59.1 Å². The van der Waals surface area contributed by atoms with Crippen LogP contribution in [0.4, 0.5) is 13.2 Å². The fourth-order valence-corrected chi connectivity index (χ4v) is 5.01. The smallest absolute Gasteiger partial charge is 0.257 e. The Bertz CT molecular complexity index is 1480. The highest BCUT2D eigenvalue weighted by molar-refractivity contribution is 5.96. The monoisotopic (exact) mass is 548 g/mol. The number of likely N-dealkylation sites (tertiary alicyclic amines) is 1. The SMILES string of the molecule is CCOc1c(F)c(F)cc(C(=O)N2CCC3(CN(C(=O)c4ccc(C#Cc5ccccc5)cc4)CCO3)C2)c1F. The van der Waals surface area contributed by atoms with Gasteiger partial charge in [0.1, 0.15) is 5.60 Å². The third kappa shape index (κ3) is 5.54. The van der Waals surface area contributed by atoms with E-state index in [1.807, 2.05) is 30.3 Å². The zero-order valence-corrected chi connectivity index (χ0v) is 21.9. The molecule has 9 heteroatoms. The molecule has 0 radical (unpaired) electrons. The average Bonchev–Trinajstić information content (AvgIpc) is 3.39. The van der Waals surface area contributed by atoms with E-state index in [4.69, 9.17) is 9.47 Å². The molecule has 3 aromatic rings. The van der Waals surface area contributed by atoms with E-state index in [9.17, 15) is 22.8 Å². The van der Waals surface area contributed by atoms with E-state index in [0.29, 0.717) is 24.6 Å². The summed E-state index contributed by atoms with van der Waals surface area (Å²) in [5.74, 6) is 0.188. The highest BCUT2D eigenvalue weighted by atomic mass is 19.2. The number of nitrogens with zero attached hydrogens (tertiary/aromatic N) is 2. The fraction of sp³-hybridized carbons (Fsp3) is 0.290. The summed E-state index contributed by atoms with van der Waals surface area (Å²) in [6, 6.07) is 17.2. The van der Waals surface area contributed by atoms with E-state index in [1.165, 1.54) is 11.8 Å². The molecule has 1 spiro atoms. The van der Waals surface area contributed by atoms with Crippen LogP contribution in [0.2, 0.25) is 0 Å². The van der Waals surface area contributed by atoms with E-state index in [0.717, 1.165) is 11.1 Å². The Morgan fingerprint density at radius 2 is 1.55 bits per heavy atom. The molecule has 2 saturated heterocycles. The summed E-state index contributed by atoms with van der Waals surface area (Å²) in [5, 5.41) is 0. The van der Waals surface area contributed by atoms with Gasteiger partial charge in [0, 0.05) is 29.8 Å². The highest BCUT2D eigenvalue weighted by Crippen LogP contribution is 2.33. The predicted octanol–water partition coefficient (Wildman–Crippen LogP) is 4.66. The molecule has 2 aliphatic heterocycles. The van der Waals surface area contributed by atoms with Gasteiger partial charge < -0.3 is 19.3 Å². The van der Waals surface area contributed by atoms with Crippen molar-refractivity contribution >= 4 is 11.8 Å². The molecule has 0 aliphatic carbocycles. The number of rotatable bonds is 4. The summed E-state index contributed by atoms with van der Waals surface area (Å²) in [6.45, 7) is 2.55. The van der Waals surface area contributed by atoms with Crippen LogP contribution in [0.1, 0.15) is 45.2 Å². The highest BCUT2D eigenvalue weighted by Gasteiger charge is 2.46. The molecule has 2 fully saturated rings. The Morgan fingerprint density at radius 1 is 0.900 bits per heavy atom. The summed E-state index contributed by atoms with van der Waals surface area (Å²) in [6.07, 6.45) is 0.403. The lowest BCUT2D eigenvalue weighted by Gasteiger charge is -2.40. The number of benzene rings is 3. The van der Waals surface area contributed by atoms with Gasteiger partial charge in [-0.3, -0.25) is 9.59 Å². The Kier molecular flexibility index (Phi) is 7.81. The molecule has 3 aromatic carbocycles. The molecule has 1 unspecified atom stereocenters. The number of carbonyl (C=O) groups excluding carboxylic acids is 2. The number of morpholine rings is 1. The first-order chi connectivity index (χ1) is 19.3. The summed E-state index contributed by atoms with van der Waals surface area (Å²) < 4.78 is 53.9. The van der Waals surface area contributed by atoms with Gasteiger partial charge in [-0.25, -0.2) is 8.78 Å². The third-order valence-electron chi connectivity index (χ3n) is 7.03. The molecular weight excluding hydrogens is 521 g/mol. The summed E-state index contributed by atoms with van der Waals surface area (Å²) in [4.78, 5) is 29.4. The second-order valence-electron chi connectivity index (χ2n) is 9.72. The minimum absolute atomic E-state index is 0.0754. The molecule has 2 aliphatic rings. The molecule has 0 bridgehead atoms. The molecule has 2 heterocycles. The molecule has 0 N–H and O–H groups in total. The lowest BCUT2D eigenvalue weighted by Crippen LogP contribution is -2.55. The van der Waals surface area contributed by atoms with E-state index in [1.54, 1.807) is 29.2 Å². The molecule has 40 heavy (non-hydrogen) atoms. The van der Waals surface area contributed by atoms with Crippen molar-refractivity contribution < 1.29 is 32.2 Å². The molecule has 6 nitrogen and oxygen atoms in total. The lowest BCUT2D eigenvalue weighted by atomic mass is 9.99. The van der Waals surface area contributed by atoms with E-state index < -0.39 is 40.3 Å². The van der Waals surface area contributed by atoms with Crippen LogP contribution in [0.5, 0.6) is 5.75 Å². The number of hydrogen-bond acceptors (Lipinski definition) is 4. The standard InChI is InChI=1S/C31H27F3N2O4/c1-2-39-28-26(33)24(18-25(32)27(28)34)30(38)35-15-14-31(19-35)20-36(16-17-40-31)29(37)23-12-10-22(11-13-23)9-8-21-6-4-3-5-7-21/h3-7,10-13,18H,2,14-17,19-20H2,1H3. The molecule has 5 rings (SSSR count). The largest absolute Gasteiger partial charge is 0.488 e. The fourth-order valence-electron chi connectivity index (χ4n) is 5.01. The summed E-state index contributed by atoms with van der Waals surface area (Å²) >= 11 is 0. The summed E-state index contributed by atoms with van der Waals surface area (Å²) in [5.41, 5.74) is 0.718. The van der Waals surface area contributed by atoms with Crippen LogP contribution in [0.25, 0.3) is 0 Å². The normalized spacial score (nSPS) is 18.4. The number of carbonyl (C=O) groups is 2. The van der Waals surface area contributed by atoms with Crippen LogP contribution >= 0.6 is 0 Å². The van der Waals surface area contributed by atoms with Crippen molar-refractivity contribution in [3.63, 3.8) is 0 Å². The van der Waals surface area contributed by atoms with Crippen molar-refractivity contribution in [2.75, 3.05) is 39.4 Å². The zero-order valence-electron chi connectivity index (χ0n) is 21.9. The van der Waals surface area contributed by atoms with Crippen LogP contribution in [-0.4, -0.2) is 66.6 Å². The summed E-state index contributed by atoms with van der Waals surface area (Å²) in [7, 11) is 0. The van der Waals surface area contributed by atoms with Gasteiger partial charge >= 0.3 is 0 Å². The van der Waals surface area contributed by atoms with E-state index in [2.05, 4.69) is 11.8 Å². The molecule has 0 aromatic heterocycles. The maximum absolute atomic E-state index is 14.9. The van der Waals surface area contributed by atoms with Crippen LogP contribution in [0, 0.1) is 29.3 Å². The van der Waals surface area contributed by atoms with E-state index >= 15 is 0 Å². The van der Waals surface area contributed by atoms with Gasteiger partial charge in [0.2, 0.25) is 5.82 Å². The van der Waals surface area contributed by atoms with Gasteiger partial charge in [0.25, 0.3) is 11.8 Å². The van der Waals surface area contributed by atoms with Crippen LogP contribution in [0.3, 0.4) is 0 Å². The molecule has 206 valence electrons. The molecule has 1 atom stereocenters. The van der Waals surface area contributed by atoms with Crippen LogP contribution in [0.15, 0.2) is 60.7 Å². The second-order valence-corrected chi connectivity index (χ2v) is 9.72. The van der Waals surface area contributed by atoms with Gasteiger partial charge in [-0.1, -0.05) is 30.0 Å². The molecular formula is C31H27F3N2O4. The first-order valence-electron chi connectivity index (χ1n) is 13.0. The van der Waals surface area contributed by atoms with Crippen LogP contribution in [-0.2, 0) is 4.74 Å². The van der Waals surface area contributed by atoms with Gasteiger partial charge in [0.05, 0.1) is 31.9 Å². The Labute approximate surface area is 230 Å². The third-order valence-corrected chi connectivity index (χ3v) is 7.03. The quantitative estimate of drug-likeness (QED) is 0.352. The van der Waals surface area contributed by atoms with Crippen molar-refractivity contribution in [2.45, 2.75) is 18.9 Å². The lowest BCUT2D eigenvalue weighted by molar-refractivity contribution is -0.0904. The zero-order chi connectivity index (χ0) is 28.3. The number of hydrogen-bond donors (Lipinski definition) is 0. The number of ether oxygens (including phenoxy) is 2. The van der Waals surface area contributed by atoms with Gasteiger partial charge in [-0.05, 0) is 55.8 Å². The maximum atomic E-state index is 14.9. The van der Waals surface area contributed by atoms with Crippen molar-refractivity contribution in [1.29, 1.82) is 0 Å². The first kappa shape index (κ1) is 27.3. The van der Waals surface area contributed by atoms with Crippen molar-refractivity contribution in [3.05, 3.63) is 100 Å². The van der Waals surface area contributed by atoms with Gasteiger partial charge in [-0.15, -0.1) is 0 Å². The maximum Gasteiger partial charge on any atom is 0.257 e. The molecule has 2 amide bonds. The Hall–Kier alpha value is -4.29. The van der Waals surface area contributed by atoms with E-state index in [-0.39, 0.29) is 38.8 Å². The average molecular weight is 549 g/mol. The minimum Gasteiger partial charge on any atom is -0.488 e. The Morgan fingerprint density at radius 3 is 2.23 bits per heavy atom. The Balaban J connectivity index is 1.27.